The number of nitrogens with zero attached hydrogens (tertiary/aromatic N) is 3. The lowest BCUT2D eigenvalue weighted by molar-refractivity contribution is 0.143. The molecule has 1 N–H and O–H groups in total. The van der Waals surface area contributed by atoms with Crippen molar-refractivity contribution in [1.82, 2.24) is 0 Å². The second kappa shape index (κ2) is 3.25. The van der Waals surface area contributed by atoms with Crippen LogP contribution in [0.3, 0.4) is 0 Å². The summed E-state index contributed by atoms with van der Waals surface area (Å²) in [6, 6.07) is -0.206. The molecule has 0 heterocycles. The van der Waals surface area contributed by atoms with Crippen LogP contribution in [-0.4, -0.2) is 18.7 Å². The fourth-order valence-corrected chi connectivity index (χ4v) is 0.963. The molecule has 54 valence electrons. The van der Waals surface area contributed by atoms with Gasteiger partial charge in [-0.3, -0.25) is 0 Å². The third-order valence-corrected chi connectivity index (χ3v) is 1.54. The van der Waals surface area contributed by atoms with Crippen molar-refractivity contribution in [3.63, 3.8) is 0 Å². The van der Waals surface area contributed by atoms with Gasteiger partial charge in [0.1, 0.15) is 0 Å². The Morgan fingerprint density at radius 3 is 3.20 bits per heavy atom. The summed E-state index contributed by atoms with van der Waals surface area (Å²) in [6.07, 6.45) is 4.94. The van der Waals surface area contributed by atoms with Crippen LogP contribution >= 0.6 is 0 Å². The lowest BCUT2D eigenvalue weighted by Gasteiger charge is -2.18. The van der Waals surface area contributed by atoms with Crippen LogP contribution in [0.1, 0.15) is 12.8 Å². The zero-order valence-electron chi connectivity index (χ0n) is 6.47. The van der Waals surface area contributed by atoms with Gasteiger partial charge in [0.05, 0.1) is 12.1 Å². The largest absolute Gasteiger partial charge is 0.392 e. The molecule has 4 heteroatoms. The second-order valence-electron chi connectivity index (χ2n) is 2.25. The van der Waals surface area contributed by atoms with E-state index in [4.69, 9.17) is 6.96 Å². The van der Waals surface area contributed by atoms with Crippen LogP contribution in [0.2, 0.25) is 0 Å². The molecule has 2 atom stereocenters. The van der Waals surface area contributed by atoms with Crippen molar-refractivity contribution in [2.24, 2.45) is 5.11 Å². The molecule has 0 spiro atoms. The maximum atomic E-state index is 8.15. The molecule has 4 nitrogen and oxygen atoms in total. The summed E-state index contributed by atoms with van der Waals surface area (Å²) in [5.74, 6) is 0. The summed E-state index contributed by atoms with van der Waals surface area (Å²) < 4.78 is 6.69. The van der Waals surface area contributed by atoms with E-state index < -0.39 is 0 Å². The Balaban J connectivity index is 2.60. The van der Waals surface area contributed by atoms with E-state index >= 15 is 0 Å². The fourth-order valence-electron chi connectivity index (χ4n) is 0.963. The van der Waals surface area contributed by atoms with Gasteiger partial charge in [-0.05, 0) is 18.4 Å². The van der Waals surface area contributed by atoms with Crippen LogP contribution in [0.25, 0.3) is 10.4 Å². The van der Waals surface area contributed by atoms with Gasteiger partial charge < -0.3 is 5.11 Å². The summed E-state index contributed by atoms with van der Waals surface area (Å²) in [5.41, 5.74) is 8.15. The Hall–Kier alpha value is -0.990. The Bertz CT molecular complexity index is 200. The van der Waals surface area contributed by atoms with E-state index in [1.54, 1.807) is 0 Å². The van der Waals surface area contributed by atoms with Gasteiger partial charge in [-0.2, -0.15) is 0 Å². The predicted molar refractivity (Wildman–Crippen MR) is 37.3 cm³/mol. The van der Waals surface area contributed by atoms with Crippen LogP contribution in [0.15, 0.2) is 17.3 Å². The SMILES string of the molecule is [3H]O[C@@H]1CC=CC[C@@H]1N=[N+]=[N-]. The van der Waals surface area contributed by atoms with Gasteiger partial charge in [0.15, 0.2) is 0 Å². The molecule has 1 rings (SSSR count). The number of hydrogen-bond acceptors (Lipinski definition) is 2. The third-order valence-electron chi connectivity index (χ3n) is 1.54. The highest BCUT2D eigenvalue weighted by Gasteiger charge is 2.17. The van der Waals surface area contributed by atoms with Crippen molar-refractivity contribution in [1.29, 1.82) is 1.43 Å². The minimum absolute atomic E-state index is 0.206. The first-order valence-electron chi connectivity index (χ1n) is 3.60. The molecule has 0 amide bonds. The quantitative estimate of drug-likeness (QED) is 0.268. The van der Waals surface area contributed by atoms with E-state index in [2.05, 4.69) is 15.1 Å². The van der Waals surface area contributed by atoms with Gasteiger partial charge in [0.25, 0.3) is 0 Å². The van der Waals surface area contributed by atoms with Gasteiger partial charge in [0.2, 0.25) is 1.43 Å². The van der Waals surface area contributed by atoms with Crippen LogP contribution in [0.4, 0.5) is 0 Å². The van der Waals surface area contributed by atoms with Gasteiger partial charge in [0, 0.05) is 4.91 Å². The van der Waals surface area contributed by atoms with Crippen molar-refractivity contribution >= 4 is 0 Å². The van der Waals surface area contributed by atoms with E-state index in [-0.39, 0.29) is 12.1 Å². The molecule has 0 saturated carbocycles. The highest BCUT2D eigenvalue weighted by Crippen LogP contribution is 2.14. The van der Waals surface area contributed by atoms with Gasteiger partial charge >= 0.3 is 0 Å². The summed E-state index contributed by atoms with van der Waals surface area (Å²) in [5, 5.41) is 7.91. The van der Waals surface area contributed by atoms with Crippen molar-refractivity contribution in [3.8, 4) is 0 Å². The molecule has 0 aromatic heterocycles. The molecule has 0 saturated heterocycles. The smallest absolute Gasteiger partial charge is 0.210 e. The molecule has 0 aliphatic heterocycles. The van der Waals surface area contributed by atoms with Crippen molar-refractivity contribution in [3.05, 3.63) is 22.6 Å². The highest BCUT2D eigenvalue weighted by molar-refractivity contribution is 4.97. The molecular weight excluding hydrogens is 130 g/mol. The predicted octanol–water partition coefficient (Wildman–Crippen LogP) is 1.38. The number of rotatable bonds is 2. The normalized spacial score (nSPS) is 32.6. The fraction of sp³-hybridized carbons (Fsp3) is 0.667. The van der Waals surface area contributed by atoms with Gasteiger partial charge in [-0.15, -0.1) is 0 Å². The van der Waals surface area contributed by atoms with Crippen molar-refractivity contribution < 1.29 is 5.11 Å². The minimum atomic E-state index is -0.268. The zero-order valence-corrected chi connectivity index (χ0v) is 5.47. The Morgan fingerprint density at radius 2 is 2.50 bits per heavy atom. The maximum Gasteiger partial charge on any atom is 0.210 e. The molecule has 1 aliphatic rings. The summed E-state index contributed by atoms with van der Waals surface area (Å²) in [4.78, 5) is 2.69. The van der Waals surface area contributed by atoms with E-state index in [1.165, 1.54) is 0 Å². The monoisotopic (exact) mass is 141 g/mol. The molecule has 0 unspecified atom stereocenters. The second-order valence-corrected chi connectivity index (χ2v) is 2.25. The standard InChI is InChI=1S/C6H9N3O/c7-9-8-5-3-1-2-4-6(5)10/h1-2,5-6,10H,3-4H2/t5-,6+/m0/s1/i10T. The lowest BCUT2D eigenvalue weighted by Crippen LogP contribution is -2.24. The lowest BCUT2D eigenvalue weighted by atomic mass is 10.00. The highest BCUT2D eigenvalue weighted by atomic mass is 16.3. The number of aliphatic hydroxyl groups excluding tert-OH is 1. The first kappa shape index (κ1) is 5.77. The van der Waals surface area contributed by atoms with Crippen LogP contribution in [0.5, 0.6) is 0 Å². The summed E-state index contributed by atoms with van der Waals surface area (Å²) in [7, 11) is 0. The molecule has 0 bridgehead atoms. The number of hydrogen-bond donors (Lipinski definition) is 1. The molecule has 0 aromatic rings. The molecule has 0 fully saturated rings. The molecular formula is C6H9N3O. The Morgan fingerprint density at radius 1 is 1.70 bits per heavy atom. The average Bonchev–Trinajstić information content (AvgIpc) is 2.06. The molecule has 1 aliphatic carbocycles. The molecule has 0 radical (unpaired) electrons. The molecule has 0 aromatic carbocycles. The number of aliphatic hydroxyl groups is 1. The molecule has 10 heavy (non-hydrogen) atoms. The average molecular weight is 141 g/mol. The van der Waals surface area contributed by atoms with Crippen LogP contribution in [0, 0.1) is 0 Å². The van der Waals surface area contributed by atoms with E-state index in [1.807, 2.05) is 12.2 Å². The van der Waals surface area contributed by atoms with E-state index in [9.17, 15) is 0 Å². The topological polar surface area (TPSA) is 69.0 Å². The zero-order chi connectivity index (χ0) is 8.10. The first-order chi connectivity index (χ1) is 5.38. The maximum absolute atomic E-state index is 8.15. The summed E-state index contributed by atoms with van der Waals surface area (Å²) in [6.45, 7) is 0. The van der Waals surface area contributed by atoms with Crippen molar-refractivity contribution in [2.75, 3.05) is 0 Å². The van der Waals surface area contributed by atoms with E-state index in [0.29, 0.717) is 12.8 Å². The Labute approximate surface area is 60.3 Å². The van der Waals surface area contributed by atoms with Gasteiger partial charge in [-0.1, -0.05) is 17.3 Å². The first-order valence-corrected chi connectivity index (χ1v) is 3.19. The summed E-state index contributed by atoms with van der Waals surface area (Å²) >= 11 is 0. The number of azide groups is 1. The van der Waals surface area contributed by atoms with Gasteiger partial charge in [-0.25, -0.2) is 0 Å². The van der Waals surface area contributed by atoms with Crippen molar-refractivity contribution in [2.45, 2.75) is 25.0 Å². The van der Waals surface area contributed by atoms with Crippen LogP contribution < -0.4 is 0 Å². The Kier molecular flexibility index (Phi) is 1.87. The third kappa shape index (κ3) is 1.50. The van der Waals surface area contributed by atoms with E-state index in [0.717, 1.165) is 0 Å². The van der Waals surface area contributed by atoms with Crippen LogP contribution in [-0.2, 0) is 0 Å². The minimum Gasteiger partial charge on any atom is -0.392 e.